The molecule has 0 N–H and O–H groups in total. The zero-order valence-electron chi connectivity index (χ0n) is 8.10. The van der Waals surface area contributed by atoms with E-state index in [2.05, 4.69) is 4.98 Å². The van der Waals surface area contributed by atoms with Gasteiger partial charge in [-0.05, 0) is 19.1 Å². The number of para-hydroxylation sites is 1. The van der Waals surface area contributed by atoms with Crippen LogP contribution in [0.5, 0.6) is 0 Å². The van der Waals surface area contributed by atoms with Gasteiger partial charge in [-0.1, -0.05) is 12.1 Å². The molecule has 74 valence electrons. The van der Waals surface area contributed by atoms with Crippen molar-refractivity contribution in [3.05, 3.63) is 46.6 Å². The van der Waals surface area contributed by atoms with E-state index in [4.69, 9.17) is 4.42 Å². The van der Waals surface area contributed by atoms with Crippen molar-refractivity contribution in [2.75, 3.05) is 0 Å². The summed E-state index contributed by atoms with van der Waals surface area (Å²) in [6.07, 6.45) is 1.65. The predicted octanol–water partition coefficient (Wildman–Crippen LogP) is 1.75. The Balaban J connectivity index is 2.65. The molecule has 0 aliphatic carbocycles. The topological polar surface area (TPSA) is 47.5 Å². The molecule has 3 aromatic rings. The minimum Gasteiger partial charge on any atom is -0.428 e. The first-order valence-electron chi connectivity index (χ1n) is 4.63. The molecule has 0 bridgehead atoms. The van der Waals surface area contributed by atoms with Crippen LogP contribution in [0.15, 0.2) is 39.7 Å². The summed E-state index contributed by atoms with van der Waals surface area (Å²) in [4.78, 5) is 16.2. The van der Waals surface area contributed by atoms with E-state index in [-0.39, 0.29) is 5.56 Å². The molecule has 2 heterocycles. The third kappa shape index (κ3) is 1.08. The van der Waals surface area contributed by atoms with Gasteiger partial charge in [0.15, 0.2) is 0 Å². The van der Waals surface area contributed by atoms with E-state index < -0.39 is 0 Å². The third-order valence-electron chi connectivity index (χ3n) is 2.34. The normalized spacial score (nSPS) is 11.3. The van der Waals surface area contributed by atoms with Gasteiger partial charge < -0.3 is 4.42 Å². The number of benzene rings is 1. The molecule has 0 radical (unpaired) electrons. The maximum absolute atomic E-state index is 12.0. The Kier molecular flexibility index (Phi) is 1.48. The molecule has 0 aliphatic rings. The Morgan fingerprint density at radius 3 is 3.00 bits per heavy atom. The van der Waals surface area contributed by atoms with Crippen molar-refractivity contribution in [2.24, 2.45) is 0 Å². The third-order valence-corrected chi connectivity index (χ3v) is 2.34. The molecule has 0 fully saturated rings. The fraction of sp³-hybridized carbons (Fsp3) is 0.0909. The maximum atomic E-state index is 12.0. The molecule has 3 rings (SSSR count). The number of aromatic nitrogens is 2. The molecule has 0 aliphatic heterocycles. The van der Waals surface area contributed by atoms with E-state index in [1.165, 1.54) is 4.40 Å². The summed E-state index contributed by atoms with van der Waals surface area (Å²) in [7, 11) is 0. The second-order valence-corrected chi connectivity index (χ2v) is 3.43. The summed E-state index contributed by atoms with van der Waals surface area (Å²) < 4.78 is 6.74. The lowest BCUT2D eigenvalue weighted by atomic mass is 10.2. The summed E-state index contributed by atoms with van der Waals surface area (Å²) in [6, 6.07) is 7.24. The molecule has 15 heavy (non-hydrogen) atoms. The summed E-state index contributed by atoms with van der Waals surface area (Å²) in [5.74, 6) is 1.02. The molecule has 0 atom stereocenters. The van der Waals surface area contributed by atoms with Gasteiger partial charge in [0.25, 0.3) is 5.56 Å². The van der Waals surface area contributed by atoms with Gasteiger partial charge in [0, 0.05) is 0 Å². The Morgan fingerprint density at radius 1 is 1.33 bits per heavy atom. The highest BCUT2D eigenvalue weighted by molar-refractivity contribution is 5.78. The highest BCUT2D eigenvalue weighted by Gasteiger charge is 2.07. The fourth-order valence-electron chi connectivity index (χ4n) is 1.66. The quantitative estimate of drug-likeness (QED) is 0.555. The first-order valence-corrected chi connectivity index (χ1v) is 4.63. The van der Waals surface area contributed by atoms with E-state index in [0.29, 0.717) is 22.5 Å². The van der Waals surface area contributed by atoms with E-state index in [0.717, 1.165) is 0 Å². The Bertz CT molecular complexity index is 709. The number of hydrogen-bond acceptors (Lipinski definition) is 3. The molecule has 4 nitrogen and oxygen atoms in total. The van der Waals surface area contributed by atoms with Crippen molar-refractivity contribution >= 4 is 16.7 Å². The summed E-state index contributed by atoms with van der Waals surface area (Å²) in [6.45, 7) is 1.79. The van der Waals surface area contributed by atoms with Crippen LogP contribution in [0, 0.1) is 6.92 Å². The Morgan fingerprint density at radius 2 is 2.13 bits per heavy atom. The van der Waals surface area contributed by atoms with Gasteiger partial charge in [-0.3, -0.25) is 4.79 Å². The lowest BCUT2D eigenvalue weighted by molar-refractivity contribution is 0.560. The lowest BCUT2D eigenvalue weighted by Crippen LogP contribution is -2.12. The number of rotatable bonds is 0. The smallest absolute Gasteiger partial charge is 0.309 e. The maximum Gasteiger partial charge on any atom is 0.309 e. The largest absolute Gasteiger partial charge is 0.428 e. The standard InChI is InChI=1S/C11H8N2O2/c1-7-6-13-10(14)8-4-2-3-5-9(8)12-11(13)15-7/h2-6H,1H3. The van der Waals surface area contributed by atoms with Gasteiger partial charge in [0.2, 0.25) is 0 Å². The van der Waals surface area contributed by atoms with Gasteiger partial charge in [-0.25, -0.2) is 4.40 Å². The van der Waals surface area contributed by atoms with Crippen LogP contribution in [0.3, 0.4) is 0 Å². The van der Waals surface area contributed by atoms with Gasteiger partial charge in [0.1, 0.15) is 5.76 Å². The van der Waals surface area contributed by atoms with Crippen LogP contribution in [0.1, 0.15) is 5.76 Å². The average molecular weight is 200 g/mol. The molecule has 2 aromatic heterocycles. The van der Waals surface area contributed by atoms with Gasteiger partial charge >= 0.3 is 5.84 Å². The summed E-state index contributed by atoms with van der Waals surface area (Å²) >= 11 is 0. The minimum atomic E-state index is -0.0903. The van der Waals surface area contributed by atoms with Crippen molar-refractivity contribution < 1.29 is 4.42 Å². The minimum absolute atomic E-state index is 0.0903. The Labute approximate surface area is 84.8 Å². The monoisotopic (exact) mass is 200 g/mol. The second kappa shape index (κ2) is 2.70. The van der Waals surface area contributed by atoms with Gasteiger partial charge in [-0.15, -0.1) is 0 Å². The summed E-state index contributed by atoms with van der Waals surface area (Å²) in [5.41, 5.74) is 0.573. The molecule has 0 saturated heterocycles. The van der Waals surface area contributed by atoms with E-state index >= 15 is 0 Å². The van der Waals surface area contributed by atoms with Gasteiger partial charge in [0.05, 0.1) is 17.1 Å². The van der Waals surface area contributed by atoms with E-state index in [9.17, 15) is 4.79 Å². The van der Waals surface area contributed by atoms with Crippen LogP contribution < -0.4 is 5.56 Å². The molecule has 0 spiro atoms. The van der Waals surface area contributed by atoms with Crippen molar-refractivity contribution in [2.45, 2.75) is 6.92 Å². The summed E-state index contributed by atoms with van der Waals surface area (Å²) in [5, 5.41) is 0.607. The predicted molar refractivity (Wildman–Crippen MR) is 56.0 cm³/mol. The number of fused-ring (bicyclic) bond motifs is 2. The van der Waals surface area contributed by atoms with Crippen molar-refractivity contribution in [3.63, 3.8) is 0 Å². The molecule has 0 amide bonds. The van der Waals surface area contributed by atoms with Crippen LogP contribution in [-0.2, 0) is 0 Å². The SMILES string of the molecule is Cc1cn2c(=O)c3ccccc3nc2o1. The highest BCUT2D eigenvalue weighted by Crippen LogP contribution is 2.10. The van der Waals surface area contributed by atoms with E-state index in [1.807, 2.05) is 12.1 Å². The molecular weight excluding hydrogens is 192 g/mol. The van der Waals surface area contributed by atoms with Crippen molar-refractivity contribution in [3.8, 4) is 0 Å². The van der Waals surface area contributed by atoms with E-state index in [1.54, 1.807) is 25.3 Å². The molecule has 4 heteroatoms. The number of aryl methyl sites for hydroxylation is 1. The lowest BCUT2D eigenvalue weighted by Gasteiger charge is -1.95. The second-order valence-electron chi connectivity index (χ2n) is 3.43. The van der Waals surface area contributed by atoms with Crippen LogP contribution >= 0.6 is 0 Å². The van der Waals surface area contributed by atoms with Crippen LogP contribution in [0.25, 0.3) is 16.7 Å². The molecule has 0 saturated carbocycles. The Hall–Kier alpha value is -2.10. The number of hydrogen-bond donors (Lipinski definition) is 0. The molecule has 1 aromatic carbocycles. The molecule has 0 unspecified atom stereocenters. The van der Waals surface area contributed by atoms with Crippen LogP contribution in [-0.4, -0.2) is 9.38 Å². The first kappa shape index (κ1) is 8.23. The highest BCUT2D eigenvalue weighted by atomic mass is 16.4. The zero-order valence-corrected chi connectivity index (χ0v) is 8.10. The molecular formula is C11H8N2O2. The van der Waals surface area contributed by atoms with Crippen LogP contribution in [0.2, 0.25) is 0 Å². The zero-order chi connectivity index (χ0) is 10.4. The van der Waals surface area contributed by atoms with Gasteiger partial charge in [-0.2, -0.15) is 4.98 Å². The number of nitrogens with zero attached hydrogens (tertiary/aromatic N) is 2. The fourth-order valence-corrected chi connectivity index (χ4v) is 1.66. The number of oxazole rings is 1. The van der Waals surface area contributed by atoms with Crippen molar-refractivity contribution in [1.82, 2.24) is 9.38 Å². The average Bonchev–Trinajstić information content (AvgIpc) is 2.59. The first-order chi connectivity index (χ1) is 7.25. The van der Waals surface area contributed by atoms with Crippen molar-refractivity contribution in [1.29, 1.82) is 0 Å². The van der Waals surface area contributed by atoms with Crippen LogP contribution in [0.4, 0.5) is 0 Å².